The van der Waals surface area contributed by atoms with E-state index in [1.54, 1.807) is 25.5 Å². The van der Waals surface area contributed by atoms with Crippen LogP contribution in [0, 0.1) is 0 Å². The Hall–Kier alpha value is -1.89. The maximum atomic E-state index is 11.8. The van der Waals surface area contributed by atoms with Crippen LogP contribution in [0.5, 0.6) is 0 Å². The number of ether oxygens (including phenoxy) is 1. The number of aromatic nitrogens is 2. The molecule has 6 nitrogen and oxygen atoms in total. The number of pyridine rings is 2. The van der Waals surface area contributed by atoms with Crippen molar-refractivity contribution in [2.45, 2.75) is 26.4 Å². The number of carbonyl (C=O) groups excluding carboxylic acids is 1. The number of rotatable bonds is 2. The van der Waals surface area contributed by atoms with Crippen LogP contribution < -0.4 is 10.6 Å². The molecule has 0 unspecified atom stereocenters. The normalized spacial score (nSPS) is 11.3. The smallest absolute Gasteiger partial charge is 0.413 e. The Labute approximate surface area is 131 Å². The van der Waals surface area contributed by atoms with Gasteiger partial charge >= 0.3 is 6.09 Å². The molecule has 0 aliphatic rings. The number of fused-ring (bicyclic) bond motifs is 1. The van der Waals surface area contributed by atoms with Crippen molar-refractivity contribution in [3.8, 4) is 0 Å². The largest absolute Gasteiger partial charge is 0.444 e. The number of amides is 1. The van der Waals surface area contributed by atoms with Crippen LogP contribution in [-0.4, -0.2) is 28.7 Å². The highest BCUT2D eigenvalue weighted by molar-refractivity contribution is 9.10. The quantitative estimate of drug-likeness (QED) is 0.859. The highest BCUT2D eigenvalue weighted by Gasteiger charge is 2.17. The first-order valence-electron chi connectivity index (χ1n) is 6.42. The van der Waals surface area contributed by atoms with E-state index in [2.05, 4.69) is 36.5 Å². The second kappa shape index (κ2) is 5.85. The molecule has 2 heterocycles. The van der Waals surface area contributed by atoms with Gasteiger partial charge in [-0.05, 0) is 42.8 Å². The summed E-state index contributed by atoms with van der Waals surface area (Å²) in [6.45, 7) is 5.42. The van der Waals surface area contributed by atoms with Crippen molar-refractivity contribution in [2.24, 2.45) is 0 Å². The predicted molar refractivity (Wildman–Crippen MR) is 86.6 cm³/mol. The summed E-state index contributed by atoms with van der Waals surface area (Å²) in [7, 11) is 1.79. The third kappa shape index (κ3) is 3.81. The van der Waals surface area contributed by atoms with E-state index in [4.69, 9.17) is 4.74 Å². The molecule has 0 atom stereocenters. The molecular weight excluding hydrogens is 336 g/mol. The highest BCUT2D eigenvalue weighted by Crippen LogP contribution is 2.29. The van der Waals surface area contributed by atoms with Gasteiger partial charge in [-0.25, -0.2) is 14.8 Å². The van der Waals surface area contributed by atoms with Gasteiger partial charge in [0.2, 0.25) is 0 Å². The van der Waals surface area contributed by atoms with Crippen molar-refractivity contribution in [3.63, 3.8) is 0 Å². The fourth-order valence-electron chi connectivity index (χ4n) is 1.78. The Morgan fingerprint density at radius 2 is 1.95 bits per heavy atom. The van der Waals surface area contributed by atoms with Crippen LogP contribution in [0.25, 0.3) is 10.8 Å². The van der Waals surface area contributed by atoms with Crippen molar-refractivity contribution in [2.75, 3.05) is 17.7 Å². The maximum absolute atomic E-state index is 11.8. The number of halogens is 1. The maximum Gasteiger partial charge on any atom is 0.413 e. The van der Waals surface area contributed by atoms with Crippen molar-refractivity contribution < 1.29 is 9.53 Å². The Bertz CT molecular complexity index is 682. The highest BCUT2D eigenvalue weighted by atomic mass is 79.9. The van der Waals surface area contributed by atoms with Crippen LogP contribution in [-0.2, 0) is 4.74 Å². The van der Waals surface area contributed by atoms with Crippen LogP contribution in [0.4, 0.5) is 16.4 Å². The van der Waals surface area contributed by atoms with Gasteiger partial charge in [0, 0.05) is 34.7 Å². The van der Waals surface area contributed by atoms with Crippen LogP contribution in [0.15, 0.2) is 22.9 Å². The first-order valence-corrected chi connectivity index (χ1v) is 7.21. The number of hydrogen-bond acceptors (Lipinski definition) is 5. The molecule has 0 aliphatic heterocycles. The van der Waals surface area contributed by atoms with Crippen LogP contribution in [0.2, 0.25) is 0 Å². The molecule has 2 N–H and O–H groups in total. The molecule has 1 amide bonds. The van der Waals surface area contributed by atoms with Gasteiger partial charge in [0.25, 0.3) is 0 Å². The number of hydrogen-bond donors (Lipinski definition) is 2. The average Bonchev–Trinajstić information content (AvgIpc) is 2.37. The van der Waals surface area contributed by atoms with E-state index in [9.17, 15) is 4.79 Å². The molecule has 2 aromatic rings. The van der Waals surface area contributed by atoms with Crippen LogP contribution >= 0.6 is 15.9 Å². The Balaban J connectivity index is 2.31. The van der Waals surface area contributed by atoms with Gasteiger partial charge in [0.05, 0.1) is 0 Å². The summed E-state index contributed by atoms with van der Waals surface area (Å²) < 4.78 is 6.03. The van der Waals surface area contributed by atoms with Crippen molar-refractivity contribution >= 4 is 44.4 Å². The van der Waals surface area contributed by atoms with Gasteiger partial charge in [-0.1, -0.05) is 0 Å². The van der Waals surface area contributed by atoms with E-state index in [1.165, 1.54) is 0 Å². The second-order valence-corrected chi connectivity index (χ2v) is 6.30. The predicted octanol–water partition coefficient (Wildman–Crippen LogP) is 3.78. The van der Waals surface area contributed by atoms with Gasteiger partial charge in [-0.2, -0.15) is 0 Å². The van der Waals surface area contributed by atoms with Gasteiger partial charge in [0.1, 0.15) is 17.2 Å². The van der Waals surface area contributed by atoms with Gasteiger partial charge < -0.3 is 10.1 Å². The zero-order chi connectivity index (χ0) is 15.6. The third-order valence-corrected chi connectivity index (χ3v) is 3.22. The lowest BCUT2D eigenvalue weighted by molar-refractivity contribution is 0.0635. The van der Waals surface area contributed by atoms with E-state index in [1.807, 2.05) is 20.8 Å². The van der Waals surface area contributed by atoms with Gasteiger partial charge in [-0.15, -0.1) is 0 Å². The van der Waals surface area contributed by atoms with Gasteiger partial charge in [-0.3, -0.25) is 5.32 Å². The number of nitrogens with zero attached hydrogens (tertiary/aromatic N) is 2. The molecule has 112 valence electrons. The molecule has 2 rings (SSSR count). The molecule has 0 aromatic carbocycles. The first kappa shape index (κ1) is 15.5. The van der Waals surface area contributed by atoms with E-state index < -0.39 is 11.7 Å². The molecule has 0 aliphatic carbocycles. The summed E-state index contributed by atoms with van der Waals surface area (Å²) in [5, 5.41) is 7.39. The molecule has 0 bridgehead atoms. The first-order chi connectivity index (χ1) is 9.80. The molecule has 0 spiro atoms. The summed E-state index contributed by atoms with van der Waals surface area (Å²) in [6.07, 6.45) is 2.82. The Kier molecular flexibility index (Phi) is 4.32. The minimum Gasteiger partial charge on any atom is -0.444 e. The lowest BCUT2D eigenvalue weighted by atomic mass is 10.2. The molecule has 2 aromatic heterocycles. The minimum absolute atomic E-state index is 0.422. The standard InChI is InChI=1S/C14H17BrN4O2/c1-14(2,3)21-13(20)19-11-5-8-9(6-17-11)12(16-4)18-7-10(8)15/h5-7H,1-4H3,(H,16,18)(H,17,19,20). The second-order valence-electron chi connectivity index (χ2n) is 5.45. The van der Waals surface area contributed by atoms with Gasteiger partial charge in [0.15, 0.2) is 0 Å². The molecule has 0 radical (unpaired) electrons. The molecule has 0 fully saturated rings. The third-order valence-electron chi connectivity index (χ3n) is 2.59. The molecule has 7 heteroatoms. The number of anilines is 2. The lowest BCUT2D eigenvalue weighted by Crippen LogP contribution is -2.27. The van der Waals surface area contributed by atoms with Crippen molar-refractivity contribution in [1.29, 1.82) is 0 Å². The monoisotopic (exact) mass is 352 g/mol. The summed E-state index contributed by atoms with van der Waals surface area (Å²) >= 11 is 3.45. The fraction of sp³-hybridized carbons (Fsp3) is 0.357. The van der Waals surface area contributed by atoms with E-state index >= 15 is 0 Å². The van der Waals surface area contributed by atoms with Crippen molar-refractivity contribution in [1.82, 2.24) is 9.97 Å². The lowest BCUT2D eigenvalue weighted by Gasteiger charge is -2.19. The summed E-state index contributed by atoms with van der Waals surface area (Å²) in [5.41, 5.74) is -0.551. The zero-order valence-corrected chi connectivity index (χ0v) is 13.9. The van der Waals surface area contributed by atoms with E-state index in [0.717, 1.165) is 21.1 Å². The molecule has 0 saturated carbocycles. The minimum atomic E-state index is -0.551. The topological polar surface area (TPSA) is 76.1 Å². The Morgan fingerprint density at radius 3 is 2.57 bits per heavy atom. The number of nitrogens with one attached hydrogen (secondary N) is 2. The summed E-state index contributed by atoms with van der Waals surface area (Å²) in [6, 6.07) is 1.77. The molecule has 21 heavy (non-hydrogen) atoms. The van der Waals surface area contributed by atoms with E-state index in [-0.39, 0.29) is 0 Å². The molecular formula is C14H17BrN4O2. The van der Waals surface area contributed by atoms with Crippen molar-refractivity contribution in [3.05, 3.63) is 22.9 Å². The zero-order valence-electron chi connectivity index (χ0n) is 12.3. The van der Waals surface area contributed by atoms with Crippen LogP contribution in [0.1, 0.15) is 20.8 Å². The molecule has 0 saturated heterocycles. The van der Waals surface area contributed by atoms with E-state index in [0.29, 0.717) is 5.82 Å². The van der Waals surface area contributed by atoms with Crippen LogP contribution in [0.3, 0.4) is 0 Å². The SMILES string of the molecule is CNc1ncc(Br)c2cc(NC(=O)OC(C)(C)C)ncc12. The Morgan fingerprint density at radius 1 is 1.24 bits per heavy atom. The number of carbonyl (C=O) groups is 1. The summed E-state index contributed by atoms with van der Waals surface area (Å²) in [5.74, 6) is 1.15. The summed E-state index contributed by atoms with van der Waals surface area (Å²) in [4.78, 5) is 20.2. The fourth-order valence-corrected chi connectivity index (χ4v) is 2.21. The average molecular weight is 353 g/mol.